The standard InChI is InChI=1S/C15H18O5S/c1-10(16)19-13-8-15(18-9-14(13)20-11(2)17)21-12-6-4-3-5-7-12/h3-7,13-15H,8-9H2,1-2H3/t13?,14-,15-/m0/s1. The van der Waals surface area contributed by atoms with Crippen LogP contribution in [0.5, 0.6) is 0 Å². The Bertz CT molecular complexity index is 490. The van der Waals surface area contributed by atoms with Gasteiger partial charge in [-0.2, -0.15) is 0 Å². The van der Waals surface area contributed by atoms with Crippen LogP contribution >= 0.6 is 11.8 Å². The first-order valence-electron chi connectivity index (χ1n) is 6.72. The van der Waals surface area contributed by atoms with Gasteiger partial charge < -0.3 is 14.2 Å². The maximum atomic E-state index is 11.2. The van der Waals surface area contributed by atoms with Crippen LogP contribution in [0.15, 0.2) is 35.2 Å². The van der Waals surface area contributed by atoms with Crippen LogP contribution in [0.2, 0.25) is 0 Å². The van der Waals surface area contributed by atoms with Crippen LogP contribution in [-0.4, -0.2) is 36.2 Å². The highest BCUT2D eigenvalue weighted by Gasteiger charge is 2.36. The van der Waals surface area contributed by atoms with E-state index in [4.69, 9.17) is 14.2 Å². The van der Waals surface area contributed by atoms with Crippen molar-refractivity contribution in [3.8, 4) is 0 Å². The minimum absolute atomic E-state index is 0.136. The van der Waals surface area contributed by atoms with Gasteiger partial charge in [0.2, 0.25) is 0 Å². The normalized spacial score (nSPS) is 25.1. The highest BCUT2D eigenvalue weighted by Crippen LogP contribution is 2.32. The average Bonchev–Trinajstić information content (AvgIpc) is 2.42. The summed E-state index contributed by atoms with van der Waals surface area (Å²) in [4.78, 5) is 23.4. The molecule has 1 aliphatic rings. The van der Waals surface area contributed by atoms with E-state index in [1.165, 1.54) is 13.8 Å². The summed E-state index contributed by atoms with van der Waals surface area (Å²) in [6.45, 7) is 2.90. The zero-order chi connectivity index (χ0) is 15.2. The van der Waals surface area contributed by atoms with Gasteiger partial charge in [0.1, 0.15) is 11.5 Å². The van der Waals surface area contributed by atoms with Gasteiger partial charge in [0.05, 0.1) is 6.61 Å². The first kappa shape index (κ1) is 15.9. The van der Waals surface area contributed by atoms with Crippen LogP contribution in [0.1, 0.15) is 20.3 Å². The van der Waals surface area contributed by atoms with Crippen LogP contribution in [0.4, 0.5) is 0 Å². The molecule has 5 nitrogen and oxygen atoms in total. The SMILES string of the molecule is CC(=O)OC1C[C@H](Sc2ccccc2)OC[C@@H]1OC(C)=O. The molecule has 1 saturated heterocycles. The average molecular weight is 310 g/mol. The van der Waals surface area contributed by atoms with Crippen molar-refractivity contribution in [1.82, 2.24) is 0 Å². The van der Waals surface area contributed by atoms with E-state index >= 15 is 0 Å². The zero-order valence-corrected chi connectivity index (χ0v) is 12.8. The fourth-order valence-electron chi connectivity index (χ4n) is 2.11. The Labute approximate surface area is 127 Å². The van der Waals surface area contributed by atoms with Crippen molar-refractivity contribution in [1.29, 1.82) is 0 Å². The summed E-state index contributed by atoms with van der Waals surface area (Å²) in [6.07, 6.45) is -0.530. The minimum atomic E-state index is -0.543. The molecule has 0 radical (unpaired) electrons. The predicted molar refractivity (Wildman–Crippen MR) is 77.8 cm³/mol. The molecule has 1 unspecified atom stereocenters. The number of carbonyl (C=O) groups excluding carboxylic acids is 2. The summed E-state index contributed by atoms with van der Waals surface area (Å²) in [5.74, 6) is -0.794. The monoisotopic (exact) mass is 310 g/mol. The van der Waals surface area contributed by atoms with Crippen LogP contribution in [0.3, 0.4) is 0 Å². The smallest absolute Gasteiger partial charge is 0.303 e. The fourth-order valence-corrected chi connectivity index (χ4v) is 3.16. The maximum Gasteiger partial charge on any atom is 0.303 e. The number of ether oxygens (including phenoxy) is 3. The first-order chi connectivity index (χ1) is 10.0. The van der Waals surface area contributed by atoms with Gasteiger partial charge in [-0.25, -0.2) is 0 Å². The topological polar surface area (TPSA) is 61.8 Å². The molecular weight excluding hydrogens is 292 g/mol. The molecule has 1 aliphatic heterocycles. The summed E-state index contributed by atoms with van der Waals surface area (Å²) < 4.78 is 16.1. The maximum absolute atomic E-state index is 11.2. The van der Waals surface area contributed by atoms with Crippen molar-refractivity contribution in [2.45, 2.75) is 42.8 Å². The van der Waals surface area contributed by atoms with Gasteiger partial charge in [-0.1, -0.05) is 30.0 Å². The summed E-state index contributed by atoms with van der Waals surface area (Å²) in [5.41, 5.74) is -0.136. The molecule has 2 rings (SSSR count). The number of hydrogen-bond acceptors (Lipinski definition) is 6. The van der Waals surface area contributed by atoms with E-state index < -0.39 is 18.2 Å². The lowest BCUT2D eigenvalue weighted by molar-refractivity contribution is -0.181. The summed E-state index contributed by atoms with van der Waals surface area (Å²) in [5, 5.41) is 0. The van der Waals surface area contributed by atoms with Gasteiger partial charge in [0.15, 0.2) is 6.10 Å². The van der Waals surface area contributed by atoms with Crippen LogP contribution in [-0.2, 0) is 23.8 Å². The first-order valence-corrected chi connectivity index (χ1v) is 7.60. The molecule has 0 spiro atoms. The van der Waals surface area contributed by atoms with Crippen LogP contribution in [0, 0.1) is 0 Å². The quantitative estimate of drug-likeness (QED) is 0.796. The van der Waals surface area contributed by atoms with Gasteiger partial charge >= 0.3 is 11.9 Å². The lowest BCUT2D eigenvalue weighted by Crippen LogP contribution is -2.45. The van der Waals surface area contributed by atoms with E-state index in [2.05, 4.69) is 0 Å². The molecule has 3 atom stereocenters. The number of esters is 2. The second-order valence-corrected chi connectivity index (χ2v) is 5.96. The molecule has 0 N–H and O–H groups in total. The number of hydrogen-bond donors (Lipinski definition) is 0. The van der Waals surface area contributed by atoms with E-state index in [0.29, 0.717) is 6.42 Å². The largest absolute Gasteiger partial charge is 0.458 e. The molecule has 6 heteroatoms. The van der Waals surface area contributed by atoms with Gasteiger partial charge in [-0.3, -0.25) is 9.59 Å². The summed E-state index contributed by atoms with van der Waals surface area (Å²) >= 11 is 1.56. The molecule has 1 aromatic rings. The predicted octanol–water partition coefficient (Wildman–Crippen LogP) is 2.39. The van der Waals surface area contributed by atoms with E-state index in [1.807, 2.05) is 30.3 Å². The number of benzene rings is 1. The Morgan fingerprint density at radius 3 is 2.33 bits per heavy atom. The molecule has 114 valence electrons. The van der Waals surface area contributed by atoms with Crippen molar-refractivity contribution < 1.29 is 23.8 Å². The van der Waals surface area contributed by atoms with Crippen molar-refractivity contribution in [2.75, 3.05) is 6.61 Å². The second-order valence-electron chi connectivity index (χ2n) is 4.73. The number of carbonyl (C=O) groups is 2. The third kappa shape index (κ3) is 5.06. The van der Waals surface area contributed by atoms with E-state index in [9.17, 15) is 9.59 Å². The van der Waals surface area contributed by atoms with Crippen LogP contribution < -0.4 is 0 Å². The molecule has 21 heavy (non-hydrogen) atoms. The Balaban J connectivity index is 1.98. The molecular formula is C15H18O5S. The summed E-state index contributed by atoms with van der Waals surface area (Å²) in [6, 6.07) is 9.84. The number of rotatable bonds is 4. The van der Waals surface area contributed by atoms with Gasteiger partial charge in [0, 0.05) is 25.2 Å². The molecule has 1 aromatic carbocycles. The molecule has 0 aromatic heterocycles. The molecule has 0 amide bonds. The van der Waals surface area contributed by atoms with E-state index in [0.717, 1.165) is 4.90 Å². The highest BCUT2D eigenvalue weighted by molar-refractivity contribution is 7.99. The van der Waals surface area contributed by atoms with Gasteiger partial charge in [-0.05, 0) is 12.1 Å². The van der Waals surface area contributed by atoms with Crippen molar-refractivity contribution in [3.05, 3.63) is 30.3 Å². The Hall–Kier alpha value is -1.53. The molecule has 1 fully saturated rings. The van der Waals surface area contributed by atoms with Crippen LogP contribution in [0.25, 0.3) is 0 Å². The Morgan fingerprint density at radius 2 is 1.71 bits per heavy atom. The van der Waals surface area contributed by atoms with Crippen molar-refractivity contribution in [3.63, 3.8) is 0 Å². The second kappa shape index (κ2) is 7.47. The lowest BCUT2D eigenvalue weighted by Gasteiger charge is -2.34. The van der Waals surface area contributed by atoms with E-state index in [1.54, 1.807) is 11.8 Å². The molecule has 0 aliphatic carbocycles. The number of thioether (sulfide) groups is 1. The third-order valence-electron chi connectivity index (χ3n) is 2.93. The minimum Gasteiger partial charge on any atom is -0.458 e. The Morgan fingerprint density at radius 1 is 1.10 bits per heavy atom. The van der Waals surface area contributed by atoms with Crippen molar-refractivity contribution in [2.24, 2.45) is 0 Å². The van der Waals surface area contributed by atoms with Gasteiger partial charge in [0.25, 0.3) is 0 Å². The third-order valence-corrected chi connectivity index (χ3v) is 4.07. The molecule has 0 saturated carbocycles. The zero-order valence-electron chi connectivity index (χ0n) is 12.0. The Kier molecular flexibility index (Phi) is 5.64. The van der Waals surface area contributed by atoms with E-state index in [-0.39, 0.29) is 18.0 Å². The van der Waals surface area contributed by atoms with Gasteiger partial charge in [-0.15, -0.1) is 0 Å². The molecule has 1 heterocycles. The molecule has 0 bridgehead atoms. The van der Waals surface area contributed by atoms with Crippen molar-refractivity contribution >= 4 is 23.7 Å². The fraction of sp³-hybridized carbons (Fsp3) is 0.467. The lowest BCUT2D eigenvalue weighted by atomic mass is 10.1. The highest BCUT2D eigenvalue weighted by atomic mass is 32.2. The summed E-state index contributed by atoms with van der Waals surface area (Å²) in [7, 11) is 0.